The number of halogens is 1. The molecule has 0 aliphatic carbocycles. The first-order valence-electron chi connectivity index (χ1n) is 9.46. The van der Waals surface area contributed by atoms with Crippen LogP contribution in [-0.2, 0) is 6.42 Å². The van der Waals surface area contributed by atoms with E-state index in [1.54, 1.807) is 36.5 Å². The van der Waals surface area contributed by atoms with Crippen LogP contribution in [-0.4, -0.2) is 28.3 Å². The number of pyridine rings is 1. The van der Waals surface area contributed by atoms with Gasteiger partial charge in [0.05, 0.1) is 0 Å². The van der Waals surface area contributed by atoms with E-state index in [1.165, 1.54) is 18.2 Å². The summed E-state index contributed by atoms with van der Waals surface area (Å²) >= 11 is 0. The molecule has 30 heavy (non-hydrogen) atoms. The number of rotatable bonds is 6. The molecule has 0 aliphatic heterocycles. The van der Waals surface area contributed by atoms with Gasteiger partial charge >= 0.3 is 0 Å². The number of carbonyl (C=O) groups excluding carboxylic acids is 2. The van der Waals surface area contributed by atoms with Crippen molar-refractivity contribution in [2.45, 2.75) is 6.42 Å². The summed E-state index contributed by atoms with van der Waals surface area (Å²) in [6.45, 7) is 0.472. The van der Waals surface area contributed by atoms with Gasteiger partial charge < -0.3 is 15.6 Å². The van der Waals surface area contributed by atoms with Gasteiger partial charge in [0.25, 0.3) is 11.8 Å². The van der Waals surface area contributed by atoms with Crippen LogP contribution in [0.4, 0.5) is 10.1 Å². The Kier molecular flexibility index (Phi) is 5.52. The Bertz CT molecular complexity index is 1200. The number of nitrogens with zero attached hydrogens (tertiary/aromatic N) is 1. The summed E-state index contributed by atoms with van der Waals surface area (Å²) < 4.78 is 13.3. The van der Waals surface area contributed by atoms with Crippen LogP contribution in [0.15, 0.2) is 72.9 Å². The number of benzene rings is 2. The Morgan fingerprint density at radius 2 is 1.87 bits per heavy atom. The van der Waals surface area contributed by atoms with Crippen molar-refractivity contribution in [3.63, 3.8) is 0 Å². The molecule has 0 atom stereocenters. The maximum absolute atomic E-state index is 13.3. The van der Waals surface area contributed by atoms with Crippen LogP contribution in [0.1, 0.15) is 26.5 Å². The second-order valence-corrected chi connectivity index (χ2v) is 6.78. The lowest BCUT2D eigenvalue weighted by molar-refractivity contribution is 0.0949. The summed E-state index contributed by atoms with van der Waals surface area (Å²) in [5, 5.41) is 6.39. The number of anilines is 1. The average Bonchev–Trinajstić information content (AvgIpc) is 3.18. The van der Waals surface area contributed by atoms with Crippen molar-refractivity contribution in [3.8, 4) is 0 Å². The molecule has 0 fully saturated rings. The van der Waals surface area contributed by atoms with Crippen LogP contribution in [0.25, 0.3) is 10.9 Å². The van der Waals surface area contributed by atoms with E-state index in [1.807, 2.05) is 18.2 Å². The summed E-state index contributed by atoms with van der Waals surface area (Å²) in [5.41, 5.74) is 2.90. The zero-order chi connectivity index (χ0) is 20.9. The minimum Gasteiger partial charge on any atom is -0.351 e. The lowest BCUT2D eigenvalue weighted by atomic mass is 10.2. The lowest BCUT2D eigenvalue weighted by Crippen LogP contribution is -2.26. The van der Waals surface area contributed by atoms with Gasteiger partial charge in [-0.3, -0.25) is 14.6 Å². The molecule has 4 aromatic rings. The van der Waals surface area contributed by atoms with Crippen LogP contribution in [0.5, 0.6) is 0 Å². The first kappa shape index (κ1) is 19.3. The standard InChI is InChI=1S/C23H19FN4O2/c24-17-5-3-4-15(12-17)22(29)27-19-7-8-20-16(13-19)14-21(28-20)23(30)26-11-9-18-6-1-2-10-25-18/h1-8,10,12-14,28H,9,11H2,(H,26,30)(H,27,29). The monoisotopic (exact) mass is 402 g/mol. The van der Waals surface area contributed by atoms with Crippen molar-refractivity contribution < 1.29 is 14.0 Å². The number of aromatic amines is 1. The highest BCUT2D eigenvalue weighted by Crippen LogP contribution is 2.21. The summed E-state index contributed by atoms with van der Waals surface area (Å²) in [7, 11) is 0. The zero-order valence-corrected chi connectivity index (χ0v) is 16.0. The van der Waals surface area contributed by atoms with E-state index in [9.17, 15) is 14.0 Å². The number of hydrogen-bond acceptors (Lipinski definition) is 3. The molecule has 6 nitrogen and oxygen atoms in total. The SMILES string of the molecule is O=C(Nc1ccc2[nH]c(C(=O)NCCc3ccccn3)cc2c1)c1cccc(F)c1. The number of fused-ring (bicyclic) bond motifs is 1. The van der Waals surface area contributed by atoms with E-state index in [4.69, 9.17) is 0 Å². The highest BCUT2D eigenvalue weighted by Gasteiger charge is 2.11. The Balaban J connectivity index is 1.41. The summed E-state index contributed by atoms with van der Waals surface area (Å²) in [4.78, 5) is 32.0. The molecule has 0 saturated heterocycles. The van der Waals surface area contributed by atoms with Crippen LogP contribution >= 0.6 is 0 Å². The number of aromatic nitrogens is 2. The van der Waals surface area contributed by atoms with E-state index in [0.717, 1.165) is 16.6 Å². The van der Waals surface area contributed by atoms with Gasteiger partial charge in [0.1, 0.15) is 11.5 Å². The van der Waals surface area contributed by atoms with Gasteiger partial charge in [0, 0.05) is 47.0 Å². The lowest BCUT2D eigenvalue weighted by Gasteiger charge is -2.05. The number of carbonyl (C=O) groups is 2. The third-order valence-corrected chi connectivity index (χ3v) is 4.60. The Hall–Kier alpha value is -4.00. The zero-order valence-electron chi connectivity index (χ0n) is 16.0. The molecule has 0 radical (unpaired) electrons. The van der Waals surface area contributed by atoms with Gasteiger partial charge in [-0.15, -0.1) is 0 Å². The molecule has 2 heterocycles. The molecule has 2 aromatic heterocycles. The molecule has 7 heteroatoms. The normalized spacial score (nSPS) is 10.7. The summed E-state index contributed by atoms with van der Waals surface area (Å²) in [6.07, 6.45) is 2.36. The molecule has 2 aromatic carbocycles. The van der Waals surface area contributed by atoms with Crippen LogP contribution in [0.2, 0.25) is 0 Å². The third-order valence-electron chi connectivity index (χ3n) is 4.60. The molecule has 3 N–H and O–H groups in total. The number of H-pyrrole nitrogens is 1. The number of amides is 2. The molecule has 0 unspecified atom stereocenters. The van der Waals surface area contributed by atoms with Crippen molar-refractivity contribution in [2.75, 3.05) is 11.9 Å². The Labute approximate surface area is 172 Å². The maximum atomic E-state index is 13.3. The maximum Gasteiger partial charge on any atom is 0.267 e. The van der Waals surface area contributed by atoms with Gasteiger partial charge in [-0.2, -0.15) is 0 Å². The molecule has 150 valence electrons. The smallest absolute Gasteiger partial charge is 0.267 e. The first-order valence-corrected chi connectivity index (χ1v) is 9.46. The minimum atomic E-state index is -0.470. The number of hydrogen-bond donors (Lipinski definition) is 3. The van der Waals surface area contributed by atoms with E-state index in [-0.39, 0.29) is 11.5 Å². The fraction of sp³-hybridized carbons (Fsp3) is 0.0870. The Morgan fingerprint density at radius 1 is 0.967 bits per heavy atom. The number of nitrogens with one attached hydrogen (secondary N) is 3. The van der Waals surface area contributed by atoms with Gasteiger partial charge in [0.15, 0.2) is 0 Å². The molecule has 0 bridgehead atoms. The van der Waals surface area contributed by atoms with Gasteiger partial charge in [-0.1, -0.05) is 12.1 Å². The van der Waals surface area contributed by atoms with Crippen molar-refractivity contribution in [1.29, 1.82) is 0 Å². The van der Waals surface area contributed by atoms with E-state index < -0.39 is 11.7 Å². The first-order chi connectivity index (χ1) is 14.6. The van der Waals surface area contributed by atoms with Gasteiger partial charge in [0.2, 0.25) is 0 Å². The largest absolute Gasteiger partial charge is 0.351 e. The fourth-order valence-corrected chi connectivity index (χ4v) is 3.11. The van der Waals surface area contributed by atoms with Crippen molar-refractivity contribution in [1.82, 2.24) is 15.3 Å². The predicted octanol–water partition coefficient (Wildman–Crippen LogP) is 3.93. The third kappa shape index (κ3) is 4.52. The van der Waals surface area contributed by atoms with Crippen molar-refractivity contribution in [2.24, 2.45) is 0 Å². The van der Waals surface area contributed by atoms with Crippen LogP contribution in [0, 0.1) is 5.82 Å². The summed E-state index contributed by atoms with van der Waals surface area (Å²) in [5.74, 6) is -1.09. The second-order valence-electron chi connectivity index (χ2n) is 6.78. The molecule has 2 amide bonds. The quantitative estimate of drug-likeness (QED) is 0.457. The molecule has 0 spiro atoms. The second kappa shape index (κ2) is 8.57. The van der Waals surface area contributed by atoms with Crippen molar-refractivity contribution in [3.05, 3.63) is 95.7 Å². The van der Waals surface area contributed by atoms with Crippen LogP contribution in [0.3, 0.4) is 0 Å². The molecule has 0 saturated carbocycles. The van der Waals surface area contributed by atoms with Crippen LogP contribution < -0.4 is 10.6 Å². The average molecular weight is 402 g/mol. The summed E-state index contributed by atoms with van der Waals surface area (Å²) in [6, 6.07) is 18.1. The van der Waals surface area contributed by atoms with E-state index in [2.05, 4.69) is 20.6 Å². The van der Waals surface area contributed by atoms with E-state index >= 15 is 0 Å². The minimum absolute atomic E-state index is 0.215. The highest BCUT2D eigenvalue weighted by molar-refractivity contribution is 6.05. The van der Waals surface area contributed by atoms with Crippen molar-refractivity contribution >= 4 is 28.4 Å². The predicted molar refractivity (Wildman–Crippen MR) is 113 cm³/mol. The van der Waals surface area contributed by atoms with Gasteiger partial charge in [-0.05, 0) is 54.6 Å². The fourth-order valence-electron chi connectivity index (χ4n) is 3.11. The highest BCUT2D eigenvalue weighted by atomic mass is 19.1. The molecule has 4 rings (SSSR count). The van der Waals surface area contributed by atoms with Gasteiger partial charge in [-0.25, -0.2) is 4.39 Å². The Morgan fingerprint density at radius 3 is 2.67 bits per heavy atom. The topological polar surface area (TPSA) is 86.9 Å². The molecule has 0 aliphatic rings. The van der Waals surface area contributed by atoms with E-state index in [0.29, 0.717) is 24.3 Å². The molecular formula is C23H19FN4O2. The molecular weight excluding hydrogens is 383 g/mol.